The van der Waals surface area contributed by atoms with E-state index in [-0.39, 0.29) is 22.2 Å². The van der Waals surface area contributed by atoms with Gasteiger partial charge in [0.25, 0.3) is 0 Å². The molecule has 4 aliphatic rings. The second kappa shape index (κ2) is 13.4. The molecule has 0 heterocycles. The molecule has 0 radical (unpaired) electrons. The maximum atomic E-state index is 2.63. The molecule has 1 nitrogen and oxygen atoms in total. The number of allylic oxidation sites excluding steroid dienone is 3. The first kappa shape index (κ1) is 38.7. The molecule has 0 amide bonds. The molecule has 0 fully saturated rings. The lowest BCUT2D eigenvalue weighted by molar-refractivity contribution is 0.586. The van der Waals surface area contributed by atoms with E-state index in [0.717, 1.165) is 0 Å². The van der Waals surface area contributed by atoms with Gasteiger partial charge < -0.3 is 4.90 Å². The molecule has 0 aromatic heterocycles. The van der Waals surface area contributed by atoms with Gasteiger partial charge in [0.2, 0.25) is 0 Å². The molecule has 11 rings (SSSR count). The number of fused-ring (bicyclic) bond motifs is 13. The third kappa shape index (κ3) is 5.46. The monoisotopic (exact) mass is 803 g/mol. The molecule has 0 saturated carbocycles. The Bertz CT molecular complexity index is 2980. The topological polar surface area (TPSA) is 3.24 Å². The Hall–Kier alpha value is -6.18. The standard InChI is InChI=1S/C61H57N/c1-38-33-42(28-31-44(38)39-19-11-10-12-20-39)62(43-29-32-48-45-21-13-16-24-50(45)60(8,9)53(48)37-43)56-36-41(59(5,6)7)35-55-57(56)49-30-27-40(58(2,3)4)34-54(49)61(55)51-25-17-14-22-46(51)47-23-15-18-26-52(47)61/h10-38,44H,1-9H3. The van der Waals surface area contributed by atoms with Crippen LogP contribution in [0.15, 0.2) is 176 Å². The molecule has 7 aromatic rings. The van der Waals surface area contributed by atoms with Crippen LogP contribution in [0.25, 0.3) is 33.4 Å². The van der Waals surface area contributed by atoms with Crippen LogP contribution in [0.3, 0.4) is 0 Å². The zero-order valence-corrected chi connectivity index (χ0v) is 37.8. The van der Waals surface area contributed by atoms with Crippen molar-refractivity contribution in [2.75, 3.05) is 4.90 Å². The minimum Gasteiger partial charge on any atom is -0.310 e. The van der Waals surface area contributed by atoms with Crippen molar-refractivity contribution < 1.29 is 0 Å². The van der Waals surface area contributed by atoms with Crippen LogP contribution in [0.2, 0.25) is 0 Å². The van der Waals surface area contributed by atoms with Crippen LogP contribution in [-0.2, 0) is 21.7 Å². The van der Waals surface area contributed by atoms with E-state index in [9.17, 15) is 0 Å². The van der Waals surface area contributed by atoms with E-state index >= 15 is 0 Å². The summed E-state index contributed by atoms with van der Waals surface area (Å²) in [6, 6.07) is 58.4. The van der Waals surface area contributed by atoms with Gasteiger partial charge in [-0.1, -0.05) is 208 Å². The molecule has 0 saturated heterocycles. The molecule has 62 heavy (non-hydrogen) atoms. The van der Waals surface area contributed by atoms with E-state index < -0.39 is 5.41 Å². The summed E-state index contributed by atoms with van der Waals surface area (Å²) < 4.78 is 0. The second-order valence-electron chi connectivity index (χ2n) is 21.0. The summed E-state index contributed by atoms with van der Waals surface area (Å²) in [7, 11) is 0. The Morgan fingerprint density at radius 2 is 1.03 bits per heavy atom. The van der Waals surface area contributed by atoms with Gasteiger partial charge in [0, 0.05) is 28.3 Å². The summed E-state index contributed by atoms with van der Waals surface area (Å²) in [6.07, 6.45) is 7.41. The van der Waals surface area contributed by atoms with Gasteiger partial charge in [-0.3, -0.25) is 0 Å². The molecule has 0 aliphatic heterocycles. The summed E-state index contributed by atoms with van der Waals surface area (Å²) in [6.45, 7) is 21.4. The Morgan fingerprint density at radius 1 is 0.484 bits per heavy atom. The molecule has 7 aromatic carbocycles. The molecule has 306 valence electrons. The number of anilines is 2. The first-order valence-electron chi connectivity index (χ1n) is 22.7. The zero-order chi connectivity index (χ0) is 42.9. The number of benzene rings is 7. The maximum absolute atomic E-state index is 2.63. The van der Waals surface area contributed by atoms with Gasteiger partial charge >= 0.3 is 0 Å². The third-order valence-electron chi connectivity index (χ3n) is 14.9. The van der Waals surface area contributed by atoms with Crippen molar-refractivity contribution in [1.82, 2.24) is 0 Å². The van der Waals surface area contributed by atoms with Crippen molar-refractivity contribution >= 4 is 11.4 Å². The molecule has 2 unspecified atom stereocenters. The SMILES string of the molecule is CC1C=C(N(c2ccc3c(c2)C(C)(C)c2ccccc2-3)c2cc(C(C)(C)C)cc3c2-c2ccc(C(C)(C)C)cc2C32c3ccccc3-c3ccccc32)C=CC1c1ccccc1. The highest BCUT2D eigenvalue weighted by Gasteiger charge is 2.53. The fourth-order valence-electron chi connectivity index (χ4n) is 11.6. The lowest BCUT2D eigenvalue weighted by Gasteiger charge is -2.36. The van der Waals surface area contributed by atoms with Gasteiger partial charge in [0.1, 0.15) is 0 Å². The highest BCUT2D eigenvalue weighted by atomic mass is 15.2. The van der Waals surface area contributed by atoms with Crippen molar-refractivity contribution in [2.24, 2.45) is 5.92 Å². The summed E-state index contributed by atoms with van der Waals surface area (Å²) >= 11 is 0. The van der Waals surface area contributed by atoms with Gasteiger partial charge in [-0.05, 0) is 119 Å². The predicted octanol–water partition coefficient (Wildman–Crippen LogP) is 15.9. The van der Waals surface area contributed by atoms with Crippen molar-refractivity contribution in [3.05, 3.63) is 226 Å². The lowest BCUT2D eigenvalue weighted by atomic mass is 9.68. The average molecular weight is 804 g/mol. The average Bonchev–Trinajstić information content (AvgIpc) is 3.82. The normalized spacial score (nSPS) is 18.4. The smallest absolute Gasteiger partial charge is 0.0726 e. The molecule has 1 spiro atoms. The van der Waals surface area contributed by atoms with Crippen LogP contribution < -0.4 is 4.90 Å². The zero-order valence-electron chi connectivity index (χ0n) is 37.8. The quantitative estimate of drug-likeness (QED) is 0.171. The first-order valence-corrected chi connectivity index (χ1v) is 22.7. The Kier molecular flexibility index (Phi) is 8.37. The van der Waals surface area contributed by atoms with Gasteiger partial charge in [0.05, 0.1) is 11.1 Å². The Balaban J connectivity index is 1.24. The molecule has 2 atom stereocenters. The highest BCUT2D eigenvalue weighted by molar-refractivity contribution is 6.01. The van der Waals surface area contributed by atoms with Crippen LogP contribution in [0.1, 0.15) is 118 Å². The lowest BCUT2D eigenvalue weighted by Crippen LogP contribution is -2.28. The fraction of sp³-hybridized carbons (Fsp3) is 0.246. The van der Waals surface area contributed by atoms with Crippen molar-refractivity contribution in [1.29, 1.82) is 0 Å². The summed E-state index contributed by atoms with van der Waals surface area (Å²) in [4.78, 5) is 2.63. The second-order valence-corrected chi connectivity index (χ2v) is 21.0. The number of nitrogens with zero attached hydrogens (tertiary/aromatic N) is 1. The van der Waals surface area contributed by atoms with Gasteiger partial charge in [-0.15, -0.1) is 0 Å². The summed E-state index contributed by atoms with van der Waals surface area (Å²) in [5.74, 6) is 0.587. The molecule has 0 N–H and O–H groups in total. The predicted molar refractivity (Wildman–Crippen MR) is 262 cm³/mol. The number of hydrogen-bond donors (Lipinski definition) is 0. The van der Waals surface area contributed by atoms with E-state index in [1.54, 1.807) is 0 Å². The van der Waals surface area contributed by atoms with E-state index in [4.69, 9.17) is 0 Å². The third-order valence-corrected chi connectivity index (χ3v) is 14.9. The van der Waals surface area contributed by atoms with Crippen LogP contribution >= 0.6 is 0 Å². The van der Waals surface area contributed by atoms with Crippen LogP contribution in [0, 0.1) is 5.92 Å². The van der Waals surface area contributed by atoms with E-state index in [2.05, 4.69) is 237 Å². The summed E-state index contributed by atoms with van der Waals surface area (Å²) in [5, 5.41) is 0. The molecule has 4 aliphatic carbocycles. The van der Waals surface area contributed by atoms with Crippen molar-refractivity contribution in [3.63, 3.8) is 0 Å². The Labute approximate surface area is 369 Å². The molecule has 0 bridgehead atoms. The largest absolute Gasteiger partial charge is 0.310 e. The number of rotatable bonds is 4. The highest BCUT2D eigenvalue weighted by Crippen LogP contribution is 2.66. The summed E-state index contributed by atoms with van der Waals surface area (Å²) in [5.41, 5.74) is 23.3. The minimum absolute atomic E-state index is 0.0218. The minimum atomic E-state index is -0.481. The van der Waals surface area contributed by atoms with E-state index in [1.165, 1.54) is 101 Å². The molecular weight excluding hydrogens is 747 g/mol. The van der Waals surface area contributed by atoms with E-state index in [1.807, 2.05) is 0 Å². The number of hydrogen-bond acceptors (Lipinski definition) is 1. The van der Waals surface area contributed by atoms with Crippen LogP contribution in [0.5, 0.6) is 0 Å². The first-order chi connectivity index (χ1) is 29.7. The van der Waals surface area contributed by atoms with Crippen molar-refractivity contribution in [3.8, 4) is 33.4 Å². The molecule has 1 heteroatoms. The fourth-order valence-corrected chi connectivity index (χ4v) is 11.6. The Morgan fingerprint density at radius 3 is 1.66 bits per heavy atom. The van der Waals surface area contributed by atoms with Crippen LogP contribution in [-0.4, -0.2) is 0 Å². The maximum Gasteiger partial charge on any atom is 0.0726 e. The van der Waals surface area contributed by atoms with Crippen LogP contribution in [0.4, 0.5) is 11.4 Å². The van der Waals surface area contributed by atoms with Crippen molar-refractivity contribution in [2.45, 2.75) is 89.9 Å². The van der Waals surface area contributed by atoms with Gasteiger partial charge in [-0.25, -0.2) is 0 Å². The van der Waals surface area contributed by atoms with Gasteiger partial charge in [-0.2, -0.15) is 0 Å². The van der Waals surface area contributed by atoms with E-state index in [0.29, 0.717) is 5.92 Å². The van der Waals surface area contributed by atoms with Gasteiger partial charge in [0.15, 0.2) is 0 Å². The molecular formula is C61H57N.